The smallest absolute Gasteiger partial charge is 0.336 e. The molecule has 0 unspecified atom stereocenters. The van der Waals surface area contributed by atoms with Crippen LogP contribution in [0, 0.1) is 13.8 Å². The van der Waals surface area contributed by atoms with Gasteiger partial charge in [-0.25, -0.2) is 4.79 Å². The molecule has 4 nitrogen and oxygen atoms in total. The Morgan fingerprint density at radius 2 is 1.88 bits per heavy atom. The van der Waals surface area contributed by atoms with Crippen molar-refractivity contribution in [1.29, 1.82) is 0 Å². The van der Waals surface area contributed by atoms with Gasteiger partial charge in [-0.15, -0.1) is 0 Å². The van der Waals surface area contributed by atoms with Crippen molar-refractivity contribution in [1.82, 2.24) is 0 Å². The summed E-state index contributed by atoms with van der Waals surface area (Å²) >= 11 is 3.32. The first-order chi connectivity index (χ1) is 11.5. The van der Waals surface area contributed by atoms with Gasteiger partial charge in [-0.3, -0.25) is 4.79 Å². The second-order valence-corrected chi connectivity index (χ2v) is 6.53. The Morgan fingerprint density at radius 1 is 1.12 bits per heavy atom. The number of fused-ring (bicyclic) bond motifs is 1. The zero-order chi connectivity index (χ0) is 17.3. The predicted octanol–water partition coefficient (Wildman–Crippen LogP) is 4.56. The second kappa shape index (κ2) is 6.61. The van der Waals surface area contributed by atoms with Crippen LogP contribution in [0.25, 0.3) is 11.0 Å². The lowest BCUT2D eigenvalue weighted by molar-refractivity contribution is 0.111. The molecule has 0 amide bonds. The molecule has 1 aromatic heterocycles. The Morgan fingerprint density at radius 3 is 2.62 bits per heavy atom. The molecular weight excluding hydrogens is 372 g/mol. The molecule has 0 spiro atoms. The van der Waals surface area contributed by atoms with E-state index in [0.29, 0.717) is 16.9 Å². The van der Waals surface area contributed by atoms with Gasteiger partial charge < -0.3 is 9.15 Å². The van der Waals surface area contributed by atoms with Gasteiger partial charge in [0.25, 0.3) is 0 Å². The number of aldehydes is 1. The average Bonchev–Trinajstić information content (AvgIpc) is 2.55. The molecule has 0 saturated carbocycles. The van der Waals surface area contributed by atoms with Crippen LogP contribution in [0.5, 0.6) is 5.75 Å². The summed E-state index contributed by atoms with van der Waals surface area (Å²) in [6, 6.07) is 10.5. The molecular formula is C19H15BrO4. The molecule has 122 valence electrons. The highest BCUT2D eigenvalue weighted by Crippen LogP contribution is 2.25. The number of rotatable bonds is 4. The molecule has 0 aliphatic heterocycles. The molecule has 3 aromatic rings. The second-order valence-electron chi connectivity index (χ2n) is 5.61. The number of carbonyl (C=O) groups excluding carboxylic acids is 1. The van der Waals surface area contributed by atoms with Crippen molar-refractivity contribution < 1.29 is 13.9 Å². The van der Waals surface area contributed by atoms with Crippen LogP contribution in [-0.2, 0) is 6.61 Å². The monoisotopic (exact) mass is 386 g/mol. The molecule has 0 radical (unpaired) electrons. The lowest BCUT2D eigenvalue weighted by Crippen LogP contribution is -2.05. The predicted molar refractivity (Wildman–Crippen MR) is 95.8 cm³/mol. The van der Waals surface area contributed by atoms with Crippen LogP contribution >= 0.6 is 15.9 Å². The number of hydrogen-bond donors (Lipinski definition) is 0. The molecule has 1 heterocycles. The summed E-state index contributed by atoms with van der Waals surface area (Å²) in [5.74, 6) is 0.471. The van der Waals surface area contributed by atoms with Gasteiger partial charge in [0.1, 0.15) is 17.9 Å². The van der Waals surface area contributed by atoms with E-state index in [9.17, 15) is 9.59 Å². The molecule has 24 heavy (non-hydrogen) atoms. The van der Waals surface area contributed by atoms with E-state index in [1.54, 1.807) is 18.2 Å². The van der Waals surface area contributed by atoms with E-state index in [-0.39, 0.29) is 6.61 Å². The van der Waals surface area contributed by atoms with Gasteiger partial charge in [-0.05, 0) is 55.3 Å². The van der Waals surface area contributed by atoms with E-state index in [2.05, 4.69) is 15.9 Å². The van der Waals surface area contributed by atoms with Crippen LogP contribution in [0.15, 0.2) is 50.1 Å². The van der Waals surface area contributed by atoms with E-state index in [0.717, 1.165) is 32.8 Å². The van der Waals surface area contributed by atoms with E-state index < -0.39 is 5.63 Å². The summed E-state index contributed by atoms with van der Waals surface area (Å²) in [5, 5.41) is 0.836. The first kappa shape index (κ1) is 16.5. The molecule has 0 aliphatic rings. The SMILES string of the molecule is Cc1cc2oc(=O)cc(COc3ccc(Br)cc3C=O)c2cc1C. The molecule has 0 N–H and O–H groups in total. The van der Waals surface area contributed by atoms with E-state index in [4.69, 9.17) is 9.15 Å². The largest absolute Gasteiger partial charge is 0.488 e. The van der Waals surface area contributed by atoms with Gasteiger partial charge in [0.05, 0.1) is 5.56 Å². The van der Waals surface area contributed by atoms with Crippen molar-refractivity contribution in [3.8, 4) is 5.75 Å². The van der Waals surface area contributed by atoms with Gasteiger partial charge in [0, 0.05) is 21.5 Å². The lowest BCUT2D eigenvalue weighted by atomic mass is 10.0. The lowest BCUT2D eigenvalue weighted by Gasteiger charge is -2.11. The third kappa shape index (κ3) is 3.26. The van der Waals surface area contributed by atoms with Crippen molar-refractivity contribution in [2.75, 3.05) is 0 Å². The summed E-state index contributed by atoms with van der Waals surface area (Å²) in [6.07, 6.45) is 0.741. The van der Waals surface area contributed by atoms with Gasteiger partial charge in [0.2, 0.25) is 0 Å². The Bertz CT molecular complexity index is 989. The van der Waals surface area contributed by atoms with Crippen LogP contribution in [0.1, 0.15) is 27.0 Å². The molecule has 0 aliphatic carbocycles. The van der Waals surface area contributed by atoms with E-state index in [1.807, 2.05) is 26.0 Å². The molecule has 0 bridgehead atoms. The third-order valence-corrected chi connectivity index (χ3v) is 4.42. The fraction of sp³-hybridized carbons (Fsp3) is 0.158. The first-order valence-corrected chi connectivity index (χ1v) is 8.19. The number of hydrogen-bond acceptors (Lipinski definition) is 4. The summed E-state index contributed by atoms with van der Waals surface area (Å²) in [5.41, 5.74) is 3.45. The number of ether oxygens (including phenoxy) is 1. The van der Waals surface area contributed by atoms with E-state index >= 15 is 0 Å². The highest BCUT2D eigenvalue weighted by molar-refractivity contribution is 9.10. The zero-order valence-electron chi connectivity index (χ0n) is 13.3. The minimum atomic E-state index is -0.421. The molecule has 0 atom stereocenters. The van der Waals surface area contributed by atoms with Crippen molar-refractivity contribution >= 4 is 33.2 Å². The van der Waals surface area contributed by atoms with Crippen molar-refractivity contribution in [3.63, 3.8) is 0 Å². The third-order valence-electron chi connectivity index (χ3n) is 3.93. The van der Waals surface area contributed by atoms with Crippen LogP contribution < -0.4 is 10.4 Å². The number of aryl methyl sites for hydroxylation is 2. The number of benzene rings is 2. The highest BCUT2D eigenvalue weighted by atomic mass is 79.9. The topological polar surface area (TPSA) is 56.5 Å². The highest BCUT2D eigenvalue weighted by Gasteiger charge is 2.10. The minimum Gasteiger partial charge on any atom is -0.488 e. The summed E-state index contributed by atoms with van der Waals surface area (Å²) in [7, 11) is 0. The standard InChI is InChI=1S/C19H15BrO4/c1-11-5-16-14(8-19(22)24-18(16)6-12(11)2)10-23-17-4-3-15(20)7-13(17)9-21/h3-9H,10H2,1-2H3. The average molecular weight is 387 g/mol. The molecule has 0 saturated heterocycles. The summed E-state index contributed by atoms with van der Waals surface area (Å²) in [4.78, 5) is 23.0. The van der Waals surface area contributed by atoms with Crippen LogP contribution in [-0.4, -0.2) is 6.29 Å². The Balaban J connectivity index is 2.00. The van der Waals surface area contributed by atoms with Gasteiger partial charge >= 0.3 is 5.63 Å². The van der Waals surface area contributed by atoms with Crippen molar-refractivity contribution in [2.24, 2.45) is 0 Å². The van der Waals surface area contributed by atoms with Crippen LogP contribution in [0.4, 0.5) is 0 Å². The fourth-order valence-electron chi connectivity index (χ4n) is 2.50. The maximum Gasteiger partial charge on any atom is 0.336 e. The maximum atomic E-state index is 11.8. The summed E-state index contributed by atoms with van der Waals surface area (Å²) in [6.45, 7) is 4.15. The minimum absolute atomic E-state index is 0.174. The Kier molecular flexibility index (Phi) is 4.53. The van der Waals surface area contributed by atoms with Crippen molar-refractivity contribution in [2.45, 2.75) is 20.5 Å². The summed E-state index contributed by atoms with van der Waals surface area (Å²) < 4.78 is 11.8. The number of halogens is 1. The van der Waals surface area contributed by atoms with Crippen LogP contribution in [0.2, 0.25) is 0 Å². The normalized spacial score (nSPS) is 10.8. The quantitative estimate of drug-likeness (QED) is 0.486. The molecule has 5 heteroatoms. The molecule has 2 aromatic carbocycles. The van der Waals surface area contributed by atoms with Crippen molar-refractivity contribution in [3.05, 3.63) is 73.5 Å². The Hall–Kier alpha value is -2.40. The van der Waals surface area contributed by atoms with Crippen LogP contribution in [0.3, 0.4) is 0 Å². The number of carbonyl (C=O) groups is 1. The zero-order valence-corrected chi connectivity index (χ0v) is 14.8. The molecule has 3 rings (SSSR count). The fourth-order valence-corrected chi connectivity index (χ4v) is 2.88. The van der Waals surface area contributed by atoms with Gasteiger partial charge in [-0.1, -0.05) is 15.9 Å². The molecule has 0 fully saturated rings. The van der Waals surface area contributed by atoms with Gasteiger partial charge in [0.15, 0.2) is 6.29 Å². The Labute approximate surface area is 147 Å². The first-order valence-electron chi connectivity index (χ1n) is 7.39. The van der Waals surface area contributed by atoms with Gasteiger partial charge in [-0.2, -0.15) is 0 Å². The maximum absolute atomic E-state index is 11.8. The van der Waals surface area contributed by atoms with E-state index in [1.165, 1.54) is 6.07 Å².